The molecule has 5 nitrogen and oxygen atoms in total. The highest BCUT2D eigenvalue weighted by Crippen LogP contribution is 2.18. The Bertz CT molecular complexity index is 404. The number of likely N-dealkylation sites (tertiary alicyclic amines) is 1. The lowest BCUT2D eigenvalue weighted by molar-refractivity contribution is -0.121. The van der Waals surface area contributed by atoms with Gasteiger partial charge >= 0.3 is 0 Å². The Morgan fingerprint density at radius 2 is 2.44 bits per heavy atom. The molecule has 2 rings (SSSR count). The van der Waals surface area contributed by atoms with E-state index >= 15 is 0 Å². The molecule has 1 aromatic rings. The van der Waals surface area contributed by atoms with Crippen LogP contribution in [-0.4, -0.2) is 35.4 Å². The summed E-state index contributed by atoms with van der Waals surface area (Å²) in [6, 6.07) is 4.06. The molecule has 18 heavy (non-hydrogen) atoms. The van der Waals surface area contributed by atoms with Crippen molar-refractivity contribution >= 4 is 11.7 Å². The predicted octanol–water partition coefficient (Wildman–Crippen LogP) is 0.821. The number of nitrogens with zero attached hydrogens (tertiary/aromatic N) is 2. The van der Waals surface area contributed by atoms with E-state index in [-0.39, 0.29) is 11.8 Å². The van der Waals surface area contributed by atoms with Gasteiger partial charge in [0.25, 0.3) is 0 Å². The second kappa shape index (κ2) is 5.82. The Kier molecular flexibility index (Phi) is 4.15. The highest BCUT2D eigenvalue weighted by molar-refractivity contribution is 5.77. The number of nitrogens with one attached hydrogen (secondary N) is 1. The van der Waals surface area contributed by atoms with E-state index in [1.165, 1.54) is 5.56 Å². The fourth-order valence-corrected chi connectivity index (χ4v) is 2.27. The van der Waals surface area contributed by atoms with Crippen molar-refractivity contribution in [2.45, 2.75) is 19.9 Å². The Morgan fingerprint density at radius 1 is 1.61 bits per heavy atom. The molecule has 1 fully saturated rings. The summed E-state index contributed by atoms with van der Waals surface area (Å²) < 4.78 is 0. The van der Waals surface area contributed by atoms with Gasteiger partial charge in [-0.2, -0.15) is 0 Å². The first kappa shape index (κ1) is 12.8. The Hall–Kier alpha value is -1.62. The van der Waals surface area contributed by atoms with Gasteiger partial charge in [0.15, 0.2) is 0 Å². The van der Waals surface area contributed by atoms with Crippen LogP contribution in [0.2, 0.25) is 0 Å². The van der Waals surface area contributed by atoms with Crippen LogP contribution in [0.5, 0.6) is 0 Å². The van der Waals surface area contributed by atoms with Crippen molar-refractivity contribution in [3.05, 3.63) is 23.9 Å². The zero-order chi connectivity index (χ0) is 13.0. The maximum Gasteiger partial charge on any atom is 0.221 e. The van der Waals surface area contributed by atoms with E-state index < -0.39 is 0 Å². The minimum atomic E-state index is -0.182. The molecule has 1 unspecified atom stereocenters. The third-order valence-electron chi connectivity index (χ3n) is 3.26. The molecule has 0 saturated carbocycles. The Morgan fingerprint density at radius 3 is 3.00 bits per heavy atom. The van der Waals surface area contributed by atoms with Gasteiger partial charge < -0.3 is 11.1 Å². The highest BCUT2D eigenvalue weighted by atomic mass is 16.1. The molecule has 1 saturated heterocycles. The van der Waals surface area contributed by atoms with Crippen LogP contribution >= 0.6 is 0 Å². The highest BCUT2D eigenvalue weighted by Gasteiger charge is 2.26. The standard InChI is InChI=1S/C13H20N4O/c1-2-15-12-4-3-10(7-16-12)8-17-6-5-11(9-17)13(14)18/h3-4,7,11H,2,5-6,8-9H2,1H3,(H2,14,18)(H,15,16). The molecule has 0 spiro atoms. The molecule has 0 aromatic carbocycles. The number of anilines is 1. The van der Waals surface area contributed by atoms with Crippen molar-refractivity contribution in [1.29, 1.82) is 0 Å². The minimum Gasteiger partial charge on any atom is -0.370 e. The summed E-state index contributed by atoms with van der Waals surface area (Å²) in [7, 11) is 0. The number of carbonyl (C=O) groups is 1. The molecule has 1 aromatic heterocycles. The summed E-state index contributed by atoms with van der Waals surface area (Å²) in [5, 5.41) is 3.16. The van der Waals surface area contributed by atoms with Crippen molar-refractivity contribution in [2.75, 3.05) is 25.0 Å². The zero-order valence-electron chi connectivity index (χ0n) is 10.7. The lowest BCUT2D eigenvalue weighted by atomic mass is 10.1. The maximum atomic E-state index is 11.1. The zero-order valence-corrected chi connectivity index (χ0v) is 10.7. The molecule has 0 radical (unpaired) electrons. The second-order valence-electron chi connectivity index (χ2n) is 4.71. The van der Waals surface area contributed by atoms with Gasteiger partial charge in [-0.05, 0) is 31.5 Å². The SMILES string of the molecule is CCNc1ccc(CN2CCC(C(N)=O)C2)cn1. The number of aromatic nitrogens is 1. The van der Waals surface area contributed by atoms with Gasteiger partial charge in [-0.15, -0.1) is 0 Å². The van der Waals surface area contributed by atoms with Crippen molar-refractivity contribution < 1.29 is 4.79 Å². The molecule has 1 aliphatic heterocycles. The number of amides is 1. The average molecular weight is 248 g/mol. The average Bonchev–Trinajstić information content (AvgIpc) is 2.81. The number of carbonyl (C=O) groups excluding carboxylic acids is 1. The van der Waals surface area contributed by atoms with Crippen LogP contribution in [-0.2, 0) is 11.3 Å². The first-order valence-corrected chi connectivity index (χ1v) is 6.39. The van der Waals surface area contributed by atoms with Crippen LogP contribution in [0.25, 0.3) is 0 Å². The van der Waals surface area contributed by atoms with Gasteiger partial charge in [-0.3, -0.25) is 9.69 Å². The van der Waals surface area contributed by atoms with E-state index in [4.69, 9.17) is 5.73 Å². The summed E-state index contributed by atoms with van der Waals surface area (Å²) in [4.78, 5) is 17.7. The first-order valence-electron chi connectivity index (χ1n) is 6.39. The smallest absolute Gasteiger partial charge is 0.221 e. The molecule has 1 atom stereocenters. The van der Waals surface area contributed by atoms with E-state index in [1.54, 1.807) is 0 Å². The van der Waals surface area contributed by atoms with Crippen LogP contribution in [0.3, 0.4) is 0 Å². The van der Waals surface area contributed by atoms with E-state index in [1.807, 2.05) is 19.2 Å². The number of hydrogen-bond acceptors (Lipinski definition) is 4. The Labute approximate surface area is 107 Å². The van der Waals surface area contributed by atoms with Crippen LogP contribution in [0, 0.1) is 5.92 Å². The predicted molar refractivity (Wildman–Crippen MR) is 71.0 cm³/mol. The van der Waals surface area contributed by atoms with Crippen molar-refractivity contribution in [3.63, 3.8) is 0 Å². The van der Waals surface area contributed by atoms with Crippen LogP contribution in [0.15, 0.2) is 18.3 Å². The molecule has 0 bridgehead atoms. The molecule has 0 aliphatic carbocycles. The summed E-state index contributed by atoms with van der Waals surface area (Å²) in [5.41, 5.74) is 6.49. The van der Waals surface area contributed by atoms with Gasteiger partial charge in [-0.1, -0.05) is 6.07 Å². The number of rotatable bonds is 5. The summed E-state index contributed by atoms with van der Waals surface area (Å²) in [6.07, 6.45) is 2.76. The van der Waals surface area contributed by atoms with E-state index in [0.29, 0.717) is 0 Å². The second-order valence-corrected chi connectivity index (χ2v) is 4.71. The summed E-state index contributed by atoms with van der Waals surface area (Å²) in [6.45, 7) is 5.46. The molecule has 2 heterocycles. The molecular formula is C13H20N4O. The largest absolute Gasteiger partial charge is 0.370 e. The normalized spacial score (nSPS) is 19.9. The molecule has 5 heteroatoms. The van der Waals surface area contributed by atoms with Crippen LogP contribution < -0.4 is 11.1 Å². The van der Waals surface area contributed by atoms with Crippen molar-refractivity contribution in [1.82, 2.24) is 9.88 Å². The van der Waals surface area contributed by atoms with Crippen molar-refractivity contribution in [3.8, 4) is 0 Å². The molecule has 1 aliphatic rings. The molecule has 98 valence electrons. The maximum absolute atomic E-state index is 11.1. The quantitative estimate of drug-likeness (QED) is 0.809. The number of pyridine rings is 1. The fourth-order valence-electron chi connectivity index (χ4n) is 2.27. The first-order chi connectivity index (χ1) is 8.69. The third kappa shape index (κ3) is 3.20. The van der Waals surface area contributed by atoms with Crippen LogP contribution in [0.4, 0.5) is 5.82 Å². The molecule has 3 N–H and O–H groups in total. The summed E-state index contributed by atoms with van der Waals surface area (Å²) in [5.74, 6) is 0.731. The van der Waals surface area contributed by atoms with Crippen molar-refractivity contribution in [2.24, 2.45) is 11.7 Å². The fraction of sp³-hybridized carbons (Fsp3) is 0.538. The number of nitrogens with two attached hydrogens (primary N) is 1. The molecule has 1 amide bonds. The van der Waals surface area contributed by atoms with Gasteiger partial charge in [0.05, 0.1) is 5.92 Å². The summed E-state index contributed by atoms with van der Waals surface area (Å²) >= 11 is 0. The van der Waals surface area contributed by atoms with Gasteiger partial charge in [0.1, 0.15) is 5.82 Å². The topological polar surface area (TPSA) is 71.2 Å². The van der Waals surface area contributed by atoms with Crippen LogP contribution in [0.1, 0.15) is 18.9 Å². The van der Waals surface area contributed by atoms with E-state index in [2.05, 4.69) is 21.3 Å². The third-order valence-corrected chi connectivity index (χ3v) is 3.26. The number of hydrogen-bond donors (Lipinski definition) is 2. The number of primary amides is 1. The lowest BCUT2D eigenvalue weighted by Crippen LogP contribution is -2.27. The van der Waals surface area contributed by atoms with E-state index in [9.17, 15) is 4.79 Å². The van der Waals surface area contributed by atoms with Gasteiger partial charge in [0.2, 0.25) is 5.91 Å². The minimum absolute atomic E-state index is 0.0130. The molecular weight excluding hydrogens is 228 g/mol. The monoisotopic (exact) mass is 248 g/mol. The van der Waals surface area contributed by atoms with E-state index in [0.717, 1.165) is 38.4 Å². The van der Waals surface area contributed by atoms with Gasteiger partial charge in [0, 0.05) is 25.8 Å². The lowest BCUT2D eigenvalue weighted by Gasteiger charge is -2.15. The Balaban J connectivity index is 1.88. The van der Waals surface area contributed by atoms with Gasteiger partial charge in [-0.25, -0.2) is 4.98 Å².